The van der Waals surface area contributed by atoms with Gasteiger partial charge in [-0.05, 0) is 48.9 Å². The fourth-order valence-corrected chi connectivity index (χ4v) is 3.53. The molecule has 0 spiro atoms. The number of likely N-dealkylation sites (N-methyl/N-ethyl adjacent to an activating group) is 1. The van der Waals surface area contributed by atoms with Gasteiger partial charge in [0.1, 0.15) is 6.54 Å². The fourth-order valence-electron chi connectivity index (χ4n) is 3.53. The predicted molar refractivity (Wildman–Crippen MR) is 94.5 cm³/mol. The molecule has 1 saturated carbocycles. The van der Waals surface area contributed by atoms with Gasteiger partial charge in [-0.3, -0.25) is 9.59 Å². The molecule has 0 bridgehead atoms. The van der Waals surface area contributed by atoms with Crippen molar-refractivity contribution in [3.05, 3.63) is 30.5 Å². The van der Waals surface area contributed by atoms with E-state index in [1.54, 1.807) is 7.05 Å². The van der Waals surface area contributed by atoms with Gasteiger partial charge >= 0.3 is 0 Å². The summed E-state index contributed by atoms with van der Waals surface area (Å²) in [5, 5.41) is 6.68. The van der Waals surface area contributed by atoms with E-state index in [1.165, 1.54) is 0 Å². The molecule has 1 aromatic carbocycles. The number of hydrogen-bond donors (Lipinski definition) is 3. The van der Waals surface area contributed by atoms with Gasteiger partial charge in [-0.25, -0.2) is 0 Å². The maximum Gasteiger partial charge on any atom is 0.239 e. The molecule has 0 unspecified atom stereocenters. The second-order valence-corrected chi connectivity index (χ2v) is 6.41. The van der Waals surface area contributed by atoms with E-state index in [-0.39, 0.29) is 30.2 Å². The Balaban J connectivity index is 1.78. The fraction of sp³-hybridized carbons (Fsp3) is 0.444. The molecular formula is C18H24N4O2. The number of carbonyl (C=O) groups is 2. The van der Waals surface area contributed by atoms with Crippen LogP contribution in [0.1, 0.15) is 19.3 Å². The van der Waals surface area contributed by atoms with E-state index >= 15 is 0 Å². The molecular weight excluding hydrogens is 304 g/mol. The molecule has 24 heavy (non-hydrogen) atoms. The van der Waals surface area contributed by atoms with Gasteiger partial charge in [0.05, 0.1) is 5.52 Å². The molecule has 1 aliphatic rings. The second-order valence-electron chi connectivity index (χ2n) is 6.41. The molecule has 1 heterocycles. The highest BCUT2D eigenvalue weighted by Crippen LogP contribution is 2.32. The lowest BCUT2D eigenvalue weighted by molar-refractivity contribution is -0.121. The van der Waals surface area contributed by atoms with Crippen molar-refractivity contribution in [3.63, 3.8) is 0 Å². The van der Waals surface area contributed by atoms with Crippen LogP contribution in [0.3, 0.4) is 0 Å². The van der Waals surface area contributed by atoms with Crippen LogP contribution in [-0.4, -0.2) is 30.0 Å². The minimum atomic E-state index is -0.0568. The normalized spacial score (nSPS) is 20.2. The number of fused-ring (bicyclic) bond motifs is 1. The van der Waals surface area contributed by atoms with Crippen molar-refractivity contribution in [1.82, 2.24) is 9.88 Å². The van der Waals surface area contributed by atoms with E-state index < -0.39 is 0 Å². The first-order valence-electron chi connectivity index (χ1n) is 8.42. The summed E-state index contributed by atoms with van der Waals surface area (Å²) < 4.78 is 1.88. The SMILES string of the molecule is CNC(=O)Cn1ccc2ccc(NC(=O)[C@@H]3CCC[C@@H]3CN)cc21. The number of amides is 2. The van der Waals surface area contributed by atoms with Crippen molar-refractivity contribution in [2.75, 3.05) is 18.9 Å². The Kier molecular flexibility index (Phi) is 4.85. The maximum atomic E-state index is 12.5. The van der Waals surface area contributed by atoms with Crippen molar-refractivity contribution in [3.8, 4) is 0 Å². The molecule has 3 rings (SSSR count). The molecule has 0 radical (unpaired) electrons. The van der Waals surface area contributed by atoms with Crippen LogP contribution in [0.5, 0.6) is 0 Å². The zero-order chi connectivity index (χ0) is 17.1. The van der Waals surface area contributed by atoms with Crippen LogP contribution in [0, 0.1) is 11.8 Å². The average Bonchev–Trinajstić information content (AvgIpc) is 3.21. The molecule has 4 N–H and O–H groups in total. The molecule has 2 atom stereocenters. The van der Waals surface area contributed by atoms with E-state index in [0.717, 1.165) is 35.9 Å². The summed E-state index contributed by atoms with van der Waals surface area (Å²) in [6.45, 7) is 0.821. The quantitative estimate of drug-likeness (QED) is 0.780. The van der Waals surface area contributed by atoms with Crippen molar-refractivity contribution in [2.45, 2.75) is 25.8 Å². The van der Waals surface area contributed by atoms with E-state index in [9.17, 15) is 9.59 Å². The third kappa shape index (κ3) is 3.28. The smallest absolute Gasteiger partial charge is 0.239 e. The van der Waals surface area contributed by atoms with Crippen LogP contribution >= 0.6 is 0 Å². The van der Waals surface area contributed by atoms with Crippen LogP contribution in [-0.2, 0) is 16.1 Å². The van der Waals surface area contributed by atoms with E-state index in [4.69, 9.17) is 5.73 Å². The minimum absolute atomic E-state index is 0.00310. The molecule has 1 aliphatic carbocycles. The maximum absolute atomic E-state index is 12.5. The topological polar surface area (TPSA) is 89.2 Å². The number of anilines is 1. The van der Waals surface area contributed by atoms with Crippen molar-refractivity contribution in [1.29, 1.82) is 0 Å². The van der Waals surface area contributed by atoms with Gasteiger partial charge in [0, 0.05) is 24.8 Å². The standard InChI is InChI=1S/C18H24N4O2/c1-20-17(23)11-22-8-7-12-5-6-14(9-16(12)22)21-18(24)15-4-2-3-13(15)10-19/h5-9,13,15H,2-4,10-11,19H2,1H3,(H,20,23)(H,21,24)/t13-,15-/m1/s1. The summed E-state index contributed by atoms with van der Waals surface area (Å²) in [5.74, 6) is 0.277. The molecule has 2 aromatic rings. The number of rotatable bonds is 5. The van der Waals surface area contributed by atoms with Gasteiger partial charge in [-0.2, -0.15) is 0 Å². The summed E-state index contributed by atoms with van der Waals surface area (Å²) in [6.07, 6.45) is 4.88. The molecule has 6 nitrogen and oxygen atoms in total. The van der Waals surface area contributed by atoms with Gasteiger partial charge in [0.15, 0.2) is 0 Å². The van der Waals surface area contributed by atoms with Crippen LogP contribution in [0.25, 0.3) is 10.9 Å². The number of benzene rings is 1. The lowest BCUT2D eigenvalue weighted by Gasteiger charge is -2.17. The van der Waals surface area contributed by atoms with Crippen LogP contribution in [0.15, 0.2) is 30.5 Å². The first kappa shape index (κ1) is 16.5. The monoisotopic (exact) mass is 328 g/mol. The zero-order valence-corrected chi connectivity index (χ0v) is 13.9. The van der Waals surface area contributed by atoms with Crippen LogP contribution < -0.4 is 16.4 Å². The molecule has 0 saturated heterocycles. The highest BCUT2D eigenvalue weighted by molar-refractivity contribution is 5.95. The molecule has 1 fully saturated rings. The van der Waals surface area contributed by atoms with Crippen molar-refractivity contribution >= 4 is 28.4 Å². The van der Waals surface area contributed by atoms with Gasteiger partial charge in [0.25, 0.3) is 0 Å². The number of hydrogen-bond acceptors (Lipinski definition) is 3. The summed E-state index contributed by atoms with van der Waals surface area (Å²) in [7, 11) is 1.62. The number of nitrogens with two attached hydrogens (primary N) is 1. The molecule has 128 valence electrons. The van der Waals surface area contributed by atoms with Gasteiger partial charge < -0.3 is 20.9 Å². The second kappa shape index (κ2) is 7.05. The zero-order valence-electron chi connectivity index (χ0n) is 13.9. The van der Waals surface area contributed by atoms with Crippen molar-refractivity contribution in [2.24, 2.45) is 17.6 Å². The van der Waals surface area contributed by atoms with Gasteiger partial charge in [0.2, 0.25) is 11.8 Å². The third-order valence-corrected chi connectivity index (χ3v) is 4.93. The number of nitrogens with one attached hydrogen (secondary N) is 2. The summed E-state index contributed by atoms with van der Waals surface area (Å²) in [5.41, 5.74) is 7.46. The average molecular weight is 328 g/mol. The Morgan fingerprint density at radius 3 is 2.88 bits per heavy atom. The lowest BCUT2D eigenvalue weighted by atomic mass is 9.95. The van der Waals surface area contributed by atoms with E-state index in [1.807, 2.05) is 35.0 Å². The molecule has 6 heteroatoms. The van der Waals surface area contributed by atoms with Gasteiger partial charge in [-0.1, -0.05) is 12.5 Å². The predicted octanol–water partition coefficient (Wildman–Crippen LogP) is 1.70. The number of nitrogens with zero attached hydrogens (tertiary/aromatic N) is 1. The Morgan fingerprint density at radius 1 is 1.29 bits per heavy atom. The van der Waals surface area contributed by atoms with E-state index in [0.29, 0.717) is 6.54 Å². The van der Waals surface area contributed by atoms with E-state index in [2.05, 4.69) is 10.6 Å². The van der Waals surface area contributed by atoms with Crippen LogP contribution in [0.4, 0.5) is 5.69 Å². The summed E-state index contributed by atoms with van der Waals surface area (Å²) >= 11 is 0. The Morgan fingerprint density at radius 2 is 2.12 bits per heavy atom. The first-order valence-corrected chi connectivity index (χ1v) is 8.42. The van der Waals surface area contributed by atoms with Crippen molar-refractivity contribution < 1.29 is 9.59 Å². The summed E-state index contributed by atoms with van der Waals surface area (Å²) in [6, 6.07) is 7.74. The highest BCUT2D eigenvalue weighted by Gasteiger charge is 2.31. The number of carbonyl (C=O) groups excluding carboxylic acids is 2. The van der Waals surface area contributed by atoms with Gasteiger partial charge in [-0.15, -0.1) is 0 Å². The Bertz CT molecular complexity index is 753. The molecule has 2 amide bonds. The summed E-state index contributed by atoms with van der Waals surface area (Å²) in [4.78, 5) is 24.1. The molecule has 0 aliphatic heterocycles. The largest absolute Gasteiger partial charge is 0.358 e. The Hall–Kier alpha value is -2.34. The first-order chi connectivity index (χ1) is 11.6. The highest BCUT2D eigenvalue weighted by atomic mass is 16.2. The van der Waals surface area contributed by atoms with Crippen LogP contribution in [0.2, 0.25) is 0 Å². The molecule has 1 aromatic heterocycles. The third-order valence-electron chi connectivity index (χ3n) is 4.93. The minimum Gasteiger partial charge on any atom is -0.358 e. The Labute approximate surface area is 141 Å². The lowest BCUT2D eigenvalue weighted by Crippen LogP contribution is -2.29. The number of aromatic nitrogens is 1.